The van der Waals surface area contributed by atoms with Crippen molar-refractivity contribution in [3.05, 3.63) is 18.1 Å². The largest absolute Gasteiger partial charge is 0.349 e. The second-order valence-electron chi connectivity index (χ2n) is 5.79. The molecule has 2 rings (SSSR count). The maximum Gasteiger partial charge on any atom is 0.266 e. The molecule has 0 aliphatic carbocycles. The van der Waals surface area contributed by atoms with Crippen LogP contribution in [-0.2, 0) is 0 Å². The molecule has 3 nitrogen and oxygen atoms in total. The molecule has 0 N–H and O–H groups in total. The van der Waals surface area contributed by atoms with Crippen LogP contribution in [0.4, 0.5) is 14.6 Å². The Morgan fingerprint density at radius 3 is 2.63 bits per heavy atom. The number of alkyl halides is 2. The minimum atomic E-state index is -2.62. The fourth-order valence-electron chi connectivity index (χ4n) is 1.75. The average Bonchev–Trinajstić information content (AvgIpc) is 2.67. The lowest BCUT2D eigenvalue weighted by Gasteiger charge is -2.16. The molecule has 0 aromatic carbocycles. The van der Waals surface area contributed by atoms with Gasteiger partial charge in [0.15, 0.2) is 0 Å². The Labute approximate surface area is 113 Å². The summed E-state index contributed by atoms with van der Waals surface area (Å²) >= 11 is 0. The predicted molar refractivity (Wildman–Crippen MR) is 74.0 cm³/mol. The van der Waals surface area contributed by atoms with Crippen molar-refractivity contribution in [3.63, 3.8) is 0 Å². The summed E-state index contributed by atoms with van der Waals surface area (Å²) in [6.07, 6.45) is 2.96. The summed E-state index contributed by atoms with van der Waals surface area (Å²) < 4.78 is 26.3. The highest BCUT2D eigenvalue weighted by molar-refractivity contribution is 6.83. The smallest absolute Gasteiger partial charge is 0.266 e. The maximum atomic E-state index is 13.2. The van der Waals surface area contributed by atoms with E-state index in [0.29, 0.717) is 18.1 Å². The van der Waals surface area contributed by atoms with E-state index >= 15 is 0 Å². The zero-order valence-electron chi connectivity index (χ0n) is 11.4. The highest BCUT2D eigenvalue weighted by atomic mass is 28.3. The molecule has 0 atom stereocenters. The molecule has 1 saturated heterocycles. The first kappa shape index (κ1) is 13.9. The van der Waals surface area contributed by atoms with E-state index < -0.39 is 14.0 Å². The van der Waals surface area contributed by atoms with Crippen LogP contribution in [0.1, 0.15) is 12.1 Å². The van der Waals surface area contributed by atoms with Crippen molar-refractivity contribution in [1.82, 2.24) is 9.97 Å². The molecule has 1 aliphatic rings. The number of nitrogens with zero attached hydrogens (tertiary/aromatic N) is 3. The van der Waals surface area contributed by atoms with Gasteiger partial charge < -0.3 is 4.90 Å². The quantitative estimate of drug-likeness (QED) is 0.585. The van der Waals surface area contributed by atoms with Crippen molar-refractivity contribution in [3.8, 4) is 11.5 Å². The molecular formula is C13H17F2N3Si. The van der Waals surface area contributed by atoms with Crippen LogP contribution < -0.4 is 4.90 Å². The van der Waals surface area contributed by atoms with Crippen molar-refractivity contribution >= 4 is 13.9 Å². The van der Waals surface area contributed by atoms with Gasteiger partial charge in [0.25, 0.3) is 5.92 Å². The van der Waals surface area contributed by atoms with Crippen molar-refractivity contribution in [2.75, 3.05) is 18.0 Å². The monoisotopic (exact) mass is 281 g/mol. The van der Waals surface area contributed by atoms with Gasteiger partial charge in [0, 0.05) is 13.0 Å². The number of aromatic nitrogens is 2. The molecule has 0 saturated carbocycles. The van der Waals surface area contributed by atoms with Gasteiger partial charge in [-0.1, -0.05) is 25.6 Å². The normalized spacial score (nSPS) is 18.1. The van der Waals surface area contributed by atoms with E-state index in [0.717, 1.165) is 0 Å². The average molecular weight is 281 g/mol. The first-order valence-electron chi connectivity index (χ1n) is 6.23. The van der Waals surface area contributed by atoms with Gasteiger partial charge in [0.1, 0.15) is 19.6 Å². The third kappa shape index (κ3) is 4.00. The molecule has 102 valence electrons. The Hall–Kier alpha value is -1.48. The Kier molecular flexibility index (Phi) is 3.59. The SMILES string of the molecule is C[Si](C)(C)C#Cc1cncc(N2CCC(F)(F)C2)n1. The molecule has 0 spiro atoms. The molecule has 0 radical (unpaired) electrons. The third-order valence-corrected chi connectivity index (χ3v) is 3.56. The molecule has 1 aliphatic heterocycles. The van der Waals surface area contributed by atoms with Crippen LogP contribution in [0.2, 0.25) is 19.6 Å². The van der Waals surface area contributed by atoms with E-state index in [2.05, 4.69) is 41.1 Å². The van der Waals surface area contributed by atoms with Crippen LogP contribution in [0.25, 0.3) is 0 Å². The van der Waals surface area contributed by atoms with E-state index in [4.69, 9.17) is 0 Å². The van der Waals surface area contributed by atoms with E-state index in [1.807, 2.05) is 0 Å². The summed E-state index contributed by atoms with van der Waals surface area (Å²) in [4.78, 5) is 9.91. The number of hydrogen-bond donors (Lipinski definition) is 0. The van der Waals surface area contributed by atoms with Crippen molar-refractivity contribution < 1.29 is 8.78 Å². The molecule has 0 amide bonds. The van der Waals surface area contributed by atoms with Gasteiger partial charge in [0.2, 0.25) is 0 Å². The molecular weight excluding hydrogens is 264 g/mol. The topological polar surface area (TPSA) is 29.0 Å². The summed E-state index contributed by atoms with van der Waals surface area (Å²) in [5.41, 5.74) is 3.74. The summed E-state index contributed by atoms with van der Waals surface area (Å²) in [5.74, 6) is 0.856. The summed E-state index contributed by atoms with van der Waals surface area (Å²) in [6.45, 7) is 6.44. The minimum Gasteiger partial charge on any atom is -0.349 e. The highest BCUT2D eigenvalue weighted by Crippen LogP contribution is 2.29. The van der Waals surface area contributed by atoms with E-state index in [1.54, 1.807) is 11.1 Å². The lowest BCUT2D eigenvalue weighted by Crippen LogP contribution is -2.25. The molecule has 19 heavy (non-hydrogen) atoms. The van der Waals surface area contributed by atoms with Gasteiger partial charge in [-0.05, 0) is 0 Å². The number of rotatable bonds is 1. The number of halogens is 2. The van der Waals surface area contributed by atoms with E-state index in [-0.39, 0.29) is 13.0 Å². The van der Waals surface area contributed by atoms with Crippen molar-refractivity contribution in [1.29, 1.82) is 0 Å². The minimum absolute atomic E-state index is 0.126. The van der Waals surface area contributed by atoms with Gasteiger partial charge in [-0.25, -0.2) is 13.8 Å². The van der Waals surface area contributed by atoms with Crippen LogP contribution in [0.15, 0.2) is 12.4 Å². The zero-order chi connectivity index (χ0) is 14.1. The van der Waals surface area contributed by atoms with Crippen molar-refractivity contribution in [2.45, 2.75) is 32.0 Å². The van der Waals surface area contributed by atoms with Gasteiger partial charge in [-0.2, -0.15) is 0 Å². The van der Waals surface area contributed by atoms with E-state index in [1.165, 1.54) is 6.20 Å². The molecule has 0 bridgehead atoms. The fraction of sp³-hybridized carbons (Fsp3) is 0.538. The van der Waals surface area contributed by atoms with Gasteiger partial charge in [0.05, 0.1) is 18.9 Å². The molecule has 2 heterocycles. The lowest BCUT2D eigenvalue weighted by atomic mass is 10.3. The first-order chi connectivity index (χ1) is 8.75. The molecule has 1 aromatic rings. The second-order valence-corrected chi connectivity index (χ2v) is 10.5. The first-order valence-corrected chi connectivity index (χ1v) is 9.73. The Morgan fingerprint density at radius 1 is 1.32 bits per heavy atom. The van der Waals surface area contributed by atoms with Crippen LogP contribution in [0, 0.1) is 11.5 Å². The van der Waals surface area contributed by atoms with Gasteiger partial charge in [-0.15, -0.1) is 5.54 Å². The third-order valence-electron chi connectivity index (χ3n) is 2.68. The fourth-order valence-corrected chi connectivity index (χ4v) is 2.25. The molecule has 0 unspecified atom stereocenters. The Morgan fingerprint density at radius 2 is 2.05 bits per heavy atom. The predicted octanol–water partition coefficient (Wildman–Crippen LogP) is 2.55. The van der Waals surface area contributed by atoms with Crippen LogP contribution >= 0.6 is 0 Å². The summed E-state index contributed by atoms with van der Waals surface area (Å²) in [5, 5.41) is 0. The maximum absolute atomic E-state index is 13.2. The second kappa shape index (κ2) is 4.89. The molecule has 1 aromatic heterocycles. The van der Waals surface area contributed by atoms with Gasteiger partial charge in [-0.3, -0.25) is 4.98 Å². The zero-order valence-corrected chi connectivity index (χ0v) is 12.4. The van der Waals surface area contributed by atoms with Crippen LogP contribution in [0.5, 0.6) is 0 Å². The number of anilines is 1. The highest BCUT2D eigenvalue weighted by Gasteiger charge is 2.38. The lowest BCUT2D eigenvalue weighted by molar-refractivity contribution is 0.0256. The van der Waals surface area contributed by atoms with Crippen molar-refractivity contribution in [2.24, 2.45) is 0 Å². The summed E-state index contributed by atoms with van der Waals surface area (Å²) in [6, 6.07) is 0. The Bertz CT molecular complexity index is 529. The van der Waals surface area contributed by atoms with E-state index in [9.17, 15) is 8.78 Å². The number of hydrogen-bond acceptors (Lipinski definition) is 3. The Balaban J connectivity index is 2.18. The standard InChI is InChI=1S/C13H17F2N3Si/c1-19(2,3)7-4-11-8-16-9-12(17-11)18-6-5-13(14,15)10-18/h8-9H,5-6,10H2,1-3H3. The molecule has 6 heteroatoms. The molecule has 1 fully saturated rings. The van der Waals surface area contributed by atoms with Crippen LogP contribution in [0.3, 0.4) is 0 Å². The van der Waals surface area contributed by atoms with Crippen LogP contribution in [-0.4, -0.2) is 37.1 Å². The summed E-state index contributed by atoms with van der Waals surface area (Å²) in [7, 11) is -1.47. The van der Waals surface area contributed by atoms with Gasteiger partial charge >= 0.3 is 0 Å².